The van der Waals surface area contributed by atoms with Crippen molar-refractivity contribution in [1.82, 2.24) is 14.5 Å². The van der Waals surface area contributed by atoms with Gasteiger partial charge in [0.05, 0.1) is 18.5 Å². The molecule has 0 bridgehead atoms. The number of aryl methyl sites for hydroxylation is 3. The van der Waals surface area contributed by atoms with Crippen molar-refractivity contribution in [2.24, 2.45) is 0 Å². The molecule has 0 N–H and O–H groups in total. The summed E-state index contributed by atoms with van der Waals surface area (Å²) in [6, 6.07) is 7.55. The van der Waals surface area contributed by atoms with Crippen LogP contribution in [0.25, 0.3) is 10.2 Å². The van der Waals surface area contributed by atoms with Gasteiger partial charge in [0, 0.05) is 10.4 Å². The SMILES string of the molecule is CCN(CC)Cc1nc2sc3c(c2c(=O)n1CC(=O)c1ccc(C)cc1)CCCC3. The van der Waals surface area contributed by atoms with Gasteiger partial charge in [-0.25, -0.2) is 4.98 Å². The van der Waals surface area contributed by atoms with Crippen LogP contribution >= 0.6 is 11.3 Å². The fourth-order valence-corrected chi connectivity index (χ4v) is 5.46. The van der Waals surface area contributed by atoms with Gasteiger partial charge in [0.15, 0.2) is 5.78 Å². The van der Waals surface area contributed by atoms with E-state index in [-0.39, 0.29) is 17.9 Å². The molecule has 2 aromatic heterocycles. The van der Waals surface area contributed by atoms with E-state index in [9.17, 15) is 9.59 Å². The maximum Gasteiger partial charge on any atom is 0.263 e. The van der Waals surface area contributed by atoms with Crippen LogP contribution in [0.2, 0.25) is 0 Å². The predicted molar refractivity (Wildman–Crippen MR) is 123 cm³/mol. The van der Waals surface area contributed by atoms with Crippen molar-refractivity contribution in [3.05, 3.63) is 62.0 Å². The summed E-state index contributed by atoms with van der Waals surface area (Å²) in [7, 11) is 0. The molecule has 5 nitrogen and oxygen atoms in total. The zero-order valence-corrected chi connectivity index (χ0v) is 18.8. The number of nitrogens with zero attached hydrogens (tertiary/aromatic N) is 3. The van der Waals surface area contributed by atoms with Crippen molar-refractivity contribution >= 4 is 27.3 Å². The molecular weight excluding hydrogens is 394 g/mol. The van der Waals surface area contributed by atoms with Gasteiger partial charge >= 0.3 is 0 Å². The molecule has 0 atom stereocenters. The second-order valence-corrected chi connectivity index (χ2v) is 9.14. The molecule has 4 rings (SSSR count). The molecule has 0 spiro atoms. The number of aromatic nitrogens is 2. The number of hydrogen-bond acceptors (Lipinski definition) is 5. The number of rotatable bonds is 7. The molecule has 0 fully saturated rings. The second kappa shape index (κ2) is 8.82. The number of fused-ring (bicyclic) bond motifs is 3. The van der Waals surface area contributed by atoms with Crippen molar-refractivity contribution in [2.45, 2.75) is 59.5 Å². The van der Waals surface area contributed by atoms with Gasteiger partial charge in [-0.15, -0.1) is 11.3 Å². The van der Waals surface area contributed by atoms with Gasteiger partial charge in [0.1, 0.15) is 10.7 Å². The minimum atomic E-state index is -0.0537. The van der Waals surface area contributed by atoms with Gasteiger partial charge < -0.3 is 0 Å². The molecule has 30 heavy (non-hydrogen) atoms. The fourth-order valence-electron chi connectivity index (χ4n) is 4.19. The first-order valence-corrected chi connectivity index (χ1v) is 11.7. The molecule has 0 saturated heterocycles. The van der Waals surface area contributed by atoms with Crippen LogP contribution in [0.1, 0.15) is 58.9 Å². The summed E-state index contributed by atoms with van der Waals surface area (Å²) in [5, 5.41) is 0.745. The largest absolute Gasteiger partial charge is 0.297 e. The van der Waals surface area contributed by atoms with Crippen molar-refractivity contribution < 1.29 is 4.79 Å². The summed E-state index contributed by atoms with van der Waals surface area (Å²) in [4.78, 5) is 35.9. The maximum absolute atomic E-state index is 13.6. The first-order chi connectivity index (χ1) is 14.5. The van der Waals surface area contributed by atoms with Gasteiger partial charge in [0.25, 0.3) is 5.56 Å². The highest BCUT2D eigenvalue weighted by Gasteiger charge is 2.23. The molecule has 3 aromatic rings. The van der Waals surface area contributed by atoms with E-state index in [1.165, 1.54) is 16.9 Å². The Morgan fingerprint density at radius 1 is 1.13 bits per heavy atom. The Morgan fingerprint density at radius 2 is 1.83 bits per heavy atom. The van der Waals surface area contributed by atoms with Crippen LogP contribution in [0.3, 0.4) is 0 Å². The van der Waals surface area contributed by atoms with Gasteiger partial charge in [-0.3, -0.25) is 19.1 Å². The first kappa shape index (κ1) is 20.9. The molecule has 0 unspecified atom stereocenters. The van der Waals surface area contributed by atoms with E-state index in [0.717, 1.165) is 48.1 Å². The van der Waals surface area contributed by atoms with E-state index >= 15 is 0 Å². The fraction of sp³-hybridized carbons (Fsp3) is 0.458. The zero-order valence-electron chi connectivity index (χ0n) is 18.0. The maximum atomic E-state index is 13.6. The number of Topliss-reactive ketones (excluding diaryl/α,β-unsaturated/α-hetero) is 1. The Labute approximate surface area is 181 Å². The Morgan fingerprint density at radius 3 is 2.53 bits per heavy atom. The summed E-state index contributed by atoms with van der Waals surface area (Å²) >= 11 is 1.67. The Kier molecular flexibility index (Phi) is 6.16. The smallest absolute Gasteiger partial charge is 0.263 e. The summed E-state index contributed by atoms with van der Waals surface area (Å²) < 4.78 is 1.63. The molecule has 1 aromatic carbocycles. The van der Waals surface area contributed by atoms with Crippen molar-refractivity contribution in [3.8, 4) is 0 Å². The van der Waals surface area contributed by atoms with E-state index < -0.39 is 0 Å². The molecule has 158 valence electrons. The molecule has 0 radical (unpaired) electrons. The molecule has 0 aliphatic heterocycles. The van der Waals surface area contributed by atoms with Gasteiger partial charge in [-0.1, -0.05) is 43.7 Å². The van der Waals surface area contributed by atoms with Gasteiger partial charge in [0.2, 0.25) is 0 Å². The Bertz CT molecular complexity index is 1120. The van der Waals surface area contributed by atoms with Gasteiger partial charge in [-0.05, 0) is 51.3 Å². The van der Waals surface area contributed by atoms with Crippen LogP contribution in [0.4, 0.5) is 0 Å². The summed E-state index contributed by atoms with van der Waals surface area (Å²) in [6.45, 7) is 8.55. The lowest BCUT2D eigenvalue weighted by molar-refractivity contribution is 0.0968. The molecule has 1 aliphatic carbocycles. The van der Waals surface area contributed by atoms with Crippen LogP contribution in [-0.4, -0.2) is 33.3 Å². The highest BCUT2D eigenvalue weighted by molar-refractivity contribution is 7.18. The molecule has 6 heteroatoms. The van der Waals surface area contributed by atoms with E-state index in [2.05, 4.69) is 18.7 Å². The van der Waals surface area contributed by atoms with E-state index in [4.69, 9.17) is 4.98 Å². The number of hydrogen-bond donors (Lipinski definition) is 0. The first-order valence-electron chi connectivity index (χ1n) is 10.9. The molecular formula is C24H29N3O2S. The van der Waals surface area contributed by atoms with Crippen molar-refractivity contribution in [1.29, 1.82) is 0 Å². The highest BCUT2D eigenvalue weighted by atomic mass is 32.1. The van der Waals surface area contributed by atoms with Crippen molar-refractivity contribution in [3.63, 3.8) is 0 Å². The molecule has 0 amide bonds. The molecule has 2 heterocycles. The van der Waals surface area contributed by atoms with Crippen LogP contribution < -0.4 is 5.56 Å². The van der Waals surface area contributed by atoms with Crippen molar-refractivity contribution in [2.75, 3.05) is 13.1 Å². The topological polar surface area (TPSA) is 55.2 Å². The normalized spacial score (nSPS) is 13.7. The predicted octanol–water partition coefficient (Wildman–Crippen LogP) is 4.37. The average Bonchev–Trinajstić information content (AvgIpc) is 3.13. The van der Waals surface area contributed by atoms with Crippen LogP contribution in [0.15, 0.2) is 29.1 Å². The lowest BCUT2D eigenvalue weighted by Crippen LogP contribution is -2.33. The molecule has 0 saturated carbocycles. The zero-order chi connectivity index (χ0) is 21.3. The lowest BCUT2D eigenvalue weighted by Gasteiger charge is -2.20. The highest BCUT2D eigenvalue weighted by Crippen LogP contribution is 2.33. The minimum absolute atomic E-state index is 0.0338. The van der Waals surface area contributed by atoms with Crippen LogP contribution in [-0.2, 0) is 25.9 Å². The quantitative estimate of drug-likeness (QED) is 0.530. The third-order valence-electron chi connectivity index (χ3n) is 6.09. The molecule has 1 aliphatic rings. The average molecular weight is 424 g/mol. The lowest BCUT2D eigenvalue weighted by atomic mass is 9.97. The number of ketones is 1. The Balaban J connectivity index is 1.81. The van der Waals surface area contributed by atoms with Crippen LogP contribution in [0.5, 0.6) is 0 Å². The third kappa shape index (κ3) is 3.98. The number of carbonyl (C=O) groups is 1. The van der Waals surface area contributed by atoms with E-state index in [0.29, 0.717) is 17.9 Å². The minimum Gasteiger partial charge on any atom is -0.297 e. The summed E-state index contributed by atoms with van der Waals surface area (Å²) in [5.74, 6) is 0.637. The summed E-state index contributed by atoms with van der Waals surface area (Å²) in [5.41, 5.74) is 2.86. The second-order valence-electron chi connectivity index (χ2n) is 8.06. The van der Waals surface area contributed by atoms with E-state index in [1.54, 1.807) is 15.9 Å². The van der Waals surface area contributed by atoms with Crippen LogP contribution in [0, 0.1) is 6.92 Å². The number of carbonyl (C=O) groups excluding carboxylic acids is 1. The Hall–Kier alpha value is -2.31. The van der Waals surface area contributed by atoms with E-state index in [1.807, 2.05) is 31.2 Å². The number of benzene rings is 1. The standard InChI is InChI=1S/C24H29N3O2S/c1-4-26(5-2)15-21-25-23-22(18-8-6-7-9-20(18)30-23)24(29)27(21)14-19(28)17-12-10-16(3)11-13-17/h10-13H,4-9,14-15H2,1-3H3. The monoisotopic (exact) mass is 423 g/mol. The van der Waals surface area contributed by atoms with Gasteiger partial charge in [-0.2, -0.15) is 0 Å². The third-order valence-corrected chi connectivity index (χ3v) is 7.27. The summed E-state index contributed by atoms with van der Waals surface area (Å²) in [6.07, 6.45) is 4.25. The number of thiophene rings is 1.